The summed E-state index contributed by atoms with van der Waals surface area (Å²) in [5, 5.41) is 9.14. The van der Waals surface area contributed by atoms with Crippen LogP contribution in [0.5, 0.6) is 5.75 Å². The van der Waals surface area contributed by atoms with Gasteiger partial charge in [-0.1, -0.05) is 0 Å². The van der Waals surface area contributed by atoms with Crippen LogP contribution >= 0.6 is 0 Å². The van der Waals surface area contributed by atoms with Gasteiger partial charge in [0, 0.05) is 24.2 Å². The van der Waals surface area contributed by atoms with Gasteiger partial charge in [0.1, 0.15) is 11.6 Å². The highest BCUT2D eigenvalue weighted by Gasteiger charge is 2.31. The number of imidazole rings is 1. The lowest BCUT2D eigenvalue weighted by molar-refractivity contribution is -0.274. The van der Waals surface area contributed by atoms with E-state index in [1.165, 1.54) is 43.7 Å². The average Bonchev–Trinajstić information content (AvgIpc) is 3.25. The molecule has 4 rings (SSSR count). The molecule has 1 unspecified atom stereocenters. The van der Waals surface area contributed by atoms with E-state index in [1.54, 1.807) is 12.1 Å². The van der Waals surface area contributed by atoms with Crippen LogP contribution in [0, 0.1) is 12.7 Å². The number of carbonyl (C=O) groups excluding carboxylic acids is 3. The smallest absolute Gasteiger partial charge is 0.406 e. The van der Waals surface area contributed by atoms with Crippen LogP contribution in [-0.4, -0.2) is 43.9 Å². The Hall–Kier alpha value is -5.08. The first-order valence-electron chi connectivity index (χ1n) is 11.5. The van der Waals surface area contributed by atoms with Gasteiger partial charge in [-0.25, -0.2) is 23.5 Å². The molecule has 0 aliphatic heterocycles. The summed E-state index contributed by atoms with van der Waals surface area (Å²) in [5.41, 5.74) is 1.06. The monoisotopic (exact) mass is 560 g/mol. The first-order valence-corrected chi connectivity index (χ1v) is 11.5. The lowest BCUT2D eigenvalue weighted by Crippen LogP contribution is -2.30. The molecule has 2 N–H and O–H groups in total. The maximum absolute atomic E-state index is 14.2. The highest BCUT2D eigenvalue weighted by atomic mass is 19.4. The maximum atomic E-state index is 14.2. The molecule has 40 heavy (non-hydrogen) atoms. The van der Waals surface area contributed by atoms with E-state index >= 15 is 0 Å². The van der Waals surface area contributed by atoms with Crippen LogP contribution in [-0.2, 0) is 9.53 Å². The lowest BCUT2D eigenvalue weighted by Gasteiger charge is -2.16. The Labute approximate surface area is 223 Å². The van der Waals surface area contributed by atoms with Gasteiger partial charge in [0.15, 0.2) is 11.5 Å². The van der Waals surface area contributed by atoms with Crippen molar-refractivity contribution in [2.75, 3.05) is 5.32 Å². The van der Waals surface area contributed by atoms with Crippen molar-refractivity contribution in [3.05, 3.63) is 71.4 Å². The predicted octanol–water partition coefficient (Wildman–Crippen LogP) is 4.72. The Morgan fingerprint density at radius 2 is 1.85 bits per heavy atom. The number of halogens is 4. The van der Waals surface area contributed by atoms with Crippen LogP contribution in [0.15, 0.2) is 48.8 Å². The molecule has 4 aromatic rings. The Bertz CT molecular complexity index is 1620. The number of fused-ring (bicyclic) bond motifs is 1. The molecule has 15 heteroatoms. The quantitative estimate of drug-likeness (QED) is 0.196. The fourth-order valence-corrected chi connectivity index (χ4v) is 3.63. The number of aryl methyl sites for hydroxylation is 1. The molecule has 0 bridgehead atoms. The van der Waals surface area contributed by atoms with Crippen molar-refractivity contribution >= 4 is 29.4 Å². The third-order valence-corrected chi connectivity index (χ3v) is 5.41. The molecule has 1 aromatic carbocycles. The number of pyridine rings is 1. The molecule has 3 heterocycles. The molecule has 1 atom stereocenters. The second kappa shape index (κ2) is 11.0. The first-order chi connectivity index (χ1) is 18.8. The van der Waals surface area contributed by atoms with Crippen molar-refractivity contribution in [2.45, 2.75) is 33.2 Å². The van der Waals surface area contributed by atoms with E-state index in [9.17, 15) is 31.9 Å². The number of ether oxygens (including phenoxy) is 2. The summed E-state index contributed by atoms with van der Waals surface area (Å²) in [4.78, 5) is 44.8. The molecule has 0 fully saturated rings. The highest BCUT2D eigenvalue weighted by molar-refractivity contribution is 5.98. The van der Waals surface area contributed by atoms with E-state index < -0.39 is 36.0 Å². The predicted molar refractivity (Wildman–Crippen MR) is 131 cm³/mol. The fraction of sp³-hybridized carbons (Fsp3) is 0.200. The number of amides is 2. The topological polar surface area (TPSA) is 137 Å². The average molecular weight is 560 g/mol. The number of hydrogen-bond donors (Lipinski definition) is 2. The molecule has 0 spiro atoms. The highest BCUT2D eigenvalue weighted by Crippen LogP contribution is 2.28. The van der Waals surface area contributed by atoms with Crippen molar-refractivity contribution in [1.82, 2.24) is 24.9 Å². The number of aromatic nitrogens is 4. The van der Waals surface area contributed by atoms with Gasteiger partial charge >= 0.3 is 18.4 Å². The van der Waals surface area contributed by atoms with Crippen molar-refractivity contribution < 1.29 is 41.4 Å². The largest absolute Gasteiger partial charge is 0.573 e. The van der Waals surface area contributed by atoms with Crippen molar-refractivity contribution in [2.24, 2.45) is 0 Å². The molecular weight excluding hydrogens is 540 g/mol. The molecule has 0 saturated heterocycles. The summed E-state index contributed by atoms with van der Waals surface area (Å²) in [6.07, 6.45) is -3.32. The number of alkyl halides is 3. The van der Waals surface area contributed by atoms with Crippen molar-refractivity contribution in [3.63, 3.8) is 0 Å². The number of hydrogen-bond acceptors (Lipinski definition) is 8. The van der Waals surface area contributed by atoms with Crippen LogP contribution in [0.25, 0.3) is 16.9 Å². The van der Waals surface area contributed by atoms with Gasteiger partial charge < -0.3 is 20.1 Å². The minimum absolute atomic E-state index is 0.0708. The Balaban J connectivity index is 1.48. The first kappa shape index (κ1) is 27.9. The summed E-state index contributed by atoms with van der Waals surface area (Å²) in [6.45, 7) is 4.13. The Morgan fingerprint density at radius 1 is 1.10 bits per heavy atom. The van der Waals surface area contributed by atoms with E-state index in [-0.39, 0.29) is 22.7 Å². The van der Waals surface area contributed by atoms with E-state index in [4.69, 9.17) is 4.74 Å². The SMILES string of the molecule is CC(=O)Nc1cn2nc(-c3cnc(C)c(C(=O)OC(=O)NC(C)c4cc(OC(F)(F)F)ccc4F)c3)ccc2n1. The van der Waals surface area contributed by atoms with Gasteiger partial charge in [0.05, 0.1) is 29.2 Å². The lowest BCUT2D eigenvalue weighted by atomic mass is 10.1. The number of carbonyl (C=O) groups is 3. The minimum atomic E-state index is -4.99. The third-order valence-electron chi connectivity index (χ3n) is 5.41. The summed E-state index contributed by atoms with van der Waals surface area (Å²) in [5.74, 6) is -2.68. The Kier molecular flexibility index (Phi) is 7.65. The van der Waals surface area contributed by atoms with Gasteiger partial charge in [-0.15, -0.1) is 13.2 Å². The number of anilines is 1. The van der Waals surface area contributed by atoms with Crippen LogP contribution in [0.4, 0.5) is 28.2 Å². The van der Waals surface area contributed by atoms with Gasteiger partial charge in [-0.2, -0.15) is 5.10 Å². The maximum Gasteiger partial charge on any atom is 0.573 e. The standard InChI is InChI=1S/C25H20F4N6O5/c1-12-18(8-15(10-30-12)20-6-7-22-33-21(32-14(3)36)11-35(22)34-20)23(37)39-24(38)31-13(2)17-9-16(4-5-19(17)26)40-25(27,28)29/h4-11,13H,1-3H3,(H,31,38)(H,32,36). The number of nitrogens with zero attached hydrogens (tertiary/aromatic N) is 4. The molecule has 2 amide bonds. The molecule has 0 radical (unpaired) electrons. The van der Waals surface area contributed by atoms with Crippen molar-refractivity contribution in [3.8, 4) is 17.0 Å². The minimum Gasteiger partial charge on any atom is -0.406 e. The number of nitrogens with one attached hydrogen (secondary N) is 2. The van der Waals surface area contributed by atoms with Crippen LogP contribution in [0.3, 0.4) is 0 Å². The van der Waals surface area contributed by atoms with Crippen molar-refractivity contribution in [1.29, 1.82) is 0 Å². The number of benzene rings is 1. The molecule has 0 saturated carbocycles. The second-order valence-corrected chi connectivity index (χ2v) is 8.46. The van der Waals surface area contributed by atoms with E-state index in [1.807, 2.05) is 0 Å². The molecule has 11 nitrogen and oxygen atoms in total. The number of esters is 1. The molecule has 0 aliphatic rings. The van der Waals surface area contributed by atoms with Gasteiger partial charge in [0.2, 0.25) is 5.91 Å². The number of rotatable bonds is 6. The summed E-state index contributed by atoms with van der Waals surface area (Å²) < 4.78 is 61.7. The zero-order valence-corrected chi connectivity index (χ0v) is 21.0. The molecule has 0 aliphatic carbocycles. The normalized spacial score (nSPS) is 12.1. The molecular formula is C25H20F4N6O5. The number of alkyl carbamates (subject to hydrolysis) is 1. The second-order valence-electron chi connectivity index (χ2n) is 8.46. The van der Waals surface area contributed by atoms with Gasteiger partial charge in [0.25, 0.3) is 0 Å². The van der Waals surface area contributed by atoms with Crippen LogP contribution in [0.2, 0.25) is 0 Å². The molecule has 3 aromatic heterocycles. The summed E-state index contributed by atoms with van der Waals surface area (Å²) in [7, 11) is 0. The zero-order chi connectivity index (χ0) is 29.2. The fourth-order valence-electron chi connectivity index (χ4n) is 3.63. The van der Waals surface area contributed by atoms with E-state index in [0.29, 0.717) is 22.7 Å². The third kappa shape index (κ3) is 6.67. The van der Waals surface area contributed by atoms with E-state index in [2.05, 4.69) is 30.4 Å². The summed E-state index contributed by atoms with van der Waals surface area (Å²) in [6, 6.07) is 5.77. The van der Waals surface area contributed by atoms with E-state index in [0.717, 1.165) is 18.2 Å². The molecule has 208 valence electrons. The van der Waals surface area contributed by atoms with Gasteiger partial charge in [-0.3, -0.25) is 9.78 Å². The van der Waals surface area contributed by atoms with Crippen LogP contribution < -0.4 is 15.4 Å². The zero-order valence-electron chi connectivity index (χ0n) is 21.0. The van der Waals surface area contributed by atoms with Gasteiger partial charge in [-0.05, 0) is 50.2 Å². The Morgan fingerprint density at radius 3 is 2.55 bits per heavy atom. The summed E-state index contributed by atoms with van der Waals surface area (Å²) >= 11 is 0. The van der Waals surface area contributed by atoms with Crippen LogP contribution in [0.1, 0.15) is 41.5 Å².